The Balaban J connectivity index is 4.37. The molecule has 0 aliphatic carbocycles. The van der Waals surface area contributed by atoms with Gasteiger partial charge in [0, 0.05) is 12.8 Å². The van der Waals surface area contributed by atoms with E-state index in [1.165, 1.54) is 103 Å². The predicted octanol–water partition coefficient (Wildman–Crippen LogP) is 15.1. The summed E-state index contributed by atoms with van der Waals surface area (Å²) in [6.07, 6.45) is 59.4. The summed E-state index contributed by atoms with van der Waals surface area (Å²) >= 11 is 0. The summed E-state index contributed by atoms with van der Waals surface area (Å²) in [6.45, 7) is 4.22. The summed E-state index contributed by atoms with van der Waals surface area (Å²) in [5.74, 6) is -0.900. The molecule has 2 atom stereocenters. The van der Waals surface area contributed by atoms with Gasteiger partial charge in [-0.25, -0.2) is 4.57 Å². The fourth-order valence-corrected chi connectivity index (χ4v) is 7.25. The number of phosphoric acid groups is 1. The number of carbonyl (C=O) groups is 2. The molecule has 0 spiro atoms. The van der Waals surface area contributed by atoms with Crippen molar-refractivity contribution < 1.29 is 42.1 Å². The van der Waals surface area contributed by atoms with Gasteiger partial charge in [0.25, 0.3) is 0 Å². The Morgan fingerprint density at radius 1 is 0.500 bits per heavy atom. The first kappa shape index (κ1) is 61.2. The van der Waals surface area contributed by atoms with Crippen molar-refractivity contribution in [3.63, 3.8) is 0 Å². The molecule has 9 nitrogen and oxygen atoms in total. The fraction of sp³-hybridized carbons (Fsp3) is 0.704. The van der Waals surface area contributed by atoms with Crippen LogP contribution in [0.2, 0.25) is 0 Å². The molecule has 0 amide bonds. The first-order valence-electron chi connectivity index (χ1n) is 25.3. The van der Waals surface area contributed by atoms with Gasteiger partial charge in [-0.3, -0.25) is 18.6 Å². The van der Waals surface area contributed by atoms with Gasteiger partial charge < -0.3 is 18.9 Å². The lowest BCUT2D eigenvalue weighted by Gasteiger charge is -2.24. The van der Waals surface area contributed by atoms with Crippen LogP contribution in [-0.2, 0) is 32.7 Å². The van der Waals surface area contributed by atoms with Gasteiger partial charge in [-0.2, -0.15) is 0 Å². The Bertz CT molecular complexity index is 1360. The van der Waals surface area contributed by atoms with E-state index in [-0.39, 0.29) is 26.1 Å². The molecule has 0 bridgehead atoms. The Labute approximate surface area is 392 Å². The lowest BCUT2D eigenvalue weighted by molar-refractivity contribution is -0.870. The average Bonchev–Trinajstić information content (AvgIpc) is 3.25. The van der Waals surface area contributed by atoms with Crippen molar-refractivity contribution in [1.29, 1.82) is 0 Å². The third-order valence-corrected chi connectivity index (χ3v) is 11.4. The smallest absolute Gasteiger partial charge is 0.462 e. The SMILES string of the molecule is CC/C=C\C/C=C\C/C=C\C/C=C\C/C=C\C/C=C\CCC(=O)O[C@H](COC(=O)CCCCCCCCCCCCC/C=C\CCCCCCCC)COP(=O)(O)OCC[N+](C)(C)C. The van der Waals surface area contributed by atoms with Crippen molar-refractivity contribution >= 4 is 19.8 Å². The molecule has 0 heterocycles. The van der Waals surface area contributed by atoms with E-state index in [1.807, 2.05) is 33.3 Å². The highest BCUT2D eigenvalue weighted by atomic mass is 31.2. The summed E-state index contributed by atoms with van der Waals surface area (Å²) in [5, 5.41) is 0. The zero-order valence-electron chi connectivity index (χ0n) is 41.5. The van der Waals surface area contributed by atoms with E-state index in [0.717, 1.165) is 57.8 Å². The maximum atomic E-state index is 12.7. The second-order valence-electron chi connectivity index (χ2n) is 17.8. The number of hydrogen-bond acceptors (Lipinski definition) is 7. The molecule has 0 fully saturated rings. The van der Waals surface area contributed by atoms with Crippen LogP contribution < -0.4 is 0 Å². The molecular weight excluding hydrogens is 822 g/mol. The van der Waals surface area contributed by atoms with Crippen molar-refractivity contribution in [3.8, 4) is 0 Å². The minimum atomic E-state index is -4.41. The second-order valence-corrected chi connectivity index (χ2v) is 19.3. The van der Waals surface area contributed by atoms with Crippen LogP contribution in [-0.4, -0.2) is 74.9 Å². The quantitative estimate of drug-likeness (QED) is 0.0212. The highest BCUT2D eigenvalue weighted by Crippen LogP contribution is 2.43. The number of ether oxygens (including phenoxy) is 2. The van der Waals surface area contributed by atoms with E-state index >= 15 is 0 Å². The number of hydrogen-bond donors (Lipinski definition) is 1. The molecule has 1 N–H and O–H groups in total. The van der Waals surface area contributed by atoms with Crippen molar-refractivity contribution in [2.75, 3.05) is 47.5 Å². The zero-order valence-corrected chi connectivity index (χ0v) is 42.4. The number of rotatable bonds is 45. The van der Waals surface area contributed by atoms with E-state index in [0.29, 0.717) is 17.4 Å². The summed E-state index contributed by atoms with van der Waals surface area (Å²) in [5.41, 5.74) is 0. The van der Waals surface area contributed by atoms with E-state index < -0.39 is 32.5 Å². The largest absolute Gasteiger partial charge is 0.472 e. The standard InChI is InChI=1S/C54H94NO8P/c1-6-8-10-12-14-16-18-20-22-24-26-27-29-30-32-34-36-38-40-42-44-46-53(56)60-50-52(51-62-64(58,59)61-49-48-55(3,4)5)63-54(57)47-45-43-41-39-37-35-33-31-28-25-23-21-19-17-15-13-11-9-7-2/h9,11,15,17,20-23,28,31,35,37,41,43,52H,6-8,10,12-14,16,18-19,24-27,29-30,32-34,36,38-40,42,44-51H2,1-5H3/p+1/b11-9-,17-15-,22-20-,23-21-,31-28-,37-35-,43-41-/t52-/m1/s1. The summed E-state index contributed by atoms with van der Waals surface area (Å²) in [7, 11) is 1.42. The first-order valence-corrected chi connectivity index (χ1v) is 26.8. The van der Waals surface area contributed by atoms with E-state index in [9.17, 15) is 19.0 Å². The minimum absolute atomic E-state index is 0.0142. The number of carbonyl (C=O) groups excluding carboxylic acids is 2. The topological polar surface area (TPSA) is 108 Å². The highest BCUT2D eigenvalue weighted by Gasteiger charge is 2.27. The molecule has 0 aromatic rings. The molecular formula is C54H95NO8P+. The number of likely N-dealkylation sites (N-methyl/N-ethyl adjacent to an activating group) is 1. The Morgan fingerprint density at radius 3 is 1.39 bits per heavy atom. The van der Waals surface area contributed by atoms with Crippen molar-refractivity contribution in [2.24, 2.45) is 0 Å². The summed E-state index contributed by atoms with van der Waals surface area (Å²) in [4.78, 5) is 35.5. The number of unbranched alkanes of at least 4 members (excludes halogenated alkanes) is 17. The van der Waals surface area contributed by atoms with Crippen LogP contribution in [0.5, 0.6) is 0 Å². The molecule has 0 rings (SSSR count). The third kappa shape index (κ3) is 48.6. The molecule has 1 unspecified atom stereocenters. The maximum absolute atomic E-state index is 12.7. The zero-order chi connectivity index (χ0) is 47.1. The molecule has 64 heavy (non-hydrogen) atoms. The van der Waals surface area contributed by atoms with E-state index in [4.69, 9.17) is 18.5 Å². The monoisotopic (exact) mass is 917 g/mol. The normalized spacial score (nSPS) is 14.2. The number of phosphoric ester groups is 1. The fourth-order valence-electron chi connectivity index (χ4n) is 6.51. The van der Waals surface area contributed by atoms with Crippen molar-refractivity contribution in [2.45, 2.75) is 200 Å². The van der Waals surface area contributed by atoms with Crippen LogP contribution in [0.4, 0.5) is 0 Å². The molecule has 0 saturated heterocycles. The minimum Gasteiger partial charge on any atom is -0.462 e. The molecule has 0 saturated carbocycles. The van der Waals surface area contributed by atoms with Gasteiger partial charge in [-0.05, 0) is 77.0 Å². The summed E-state index contributed by atoms with van der Waals surface area (Å²) < 4.78 is 34.3. The number of allylic oxidation sites excluding steroid dienone is 14. The molecule has 0 radical (unpaired) electrons. The molecule has 0 aliphatic rings. The van der Waals surface area contributed by atoms with Gasteiger partial charge in [0.2, 0.25) is 0 Å². The molecule has 0 aromatic heterocycles. The van der Waals surface area contributed by atoms with Crippen molar-refractivity contribution in [1.82, 2.24) is 0 Å². The van der Waals surface area contributed by atoms with E-state index in [2.05, 4.69) is 86.8 Å². The Hall–Kier alpha value is -2.81. The van der Waals surface area contributed by atoms with Crippen LogP contribution >= 0.6 is 7.82 Å². The molecule has 368 valence electrons. The second kappa shape index (κ2) is 45.4. The van der Waals surface area contributed by atoms with Crippen molar-refractivity contribution in [3.05, 3.63) is 85.1 Å². The number of esters is 2. The van der Waals surface area contributed by atoms with Gasteiger partial charge in [-0.1, -0.05) is 189 Å². The van der Waals surface area contributed by atoms with E-state index in [1.54, 1.807) is 0 Å². The van der Waals surface area contributed by atoms with Gasteiger partial charge in [0.15, 0.2) is 6.10 Å². The number of nitrogens with zero attached hydrogens (tertiary/aromatic N) is 1. The lowest BCUT2D eigenvalue weighted by atomic mass is 10.0. The molecule has 0 aromatic carbocycles. The lowest BCUT2D eigenvalue weighted by Crippen LogP contribution is -2.37. The van der Waals surface area contributed by atoms with Crippen LogP contribution in [0.1, 0.15) is 194 Å². The third-order valence-electron chi connectivity index (χ3n) is 10.4. The highest BCUT2D eigenvalue weighted by molar-refractivity contribution is 7.47. The molecule has 0 aliphatic heterocycles. The van der Waals surface area contributed by atoms with Gasteiger partial charge in [-0.15, -0.1) is 0 Å². The van der Waals surface area contributed by atoms with Gasteiger partial charge in [0.05, 0.1) is 27.7 Å². The van der Waals surface area contributed by atoms with Crippen LogP contribution in [0.25, 0.3) is 0 Å². The summed E-state index contributed by atoms with van der Waals surface area (Å²) in [6, 6.07) is 0. The first-order chi connectivity index (χ1) is 31.0. The molecule has 10 heteroatoms. The van der Waals surface area contributed by atoms with Gasteiger partial charge in [0.1, 0.15) is 19.8 Å². The number of quaternary nitrogens is 1. The Kier molecular flexibility index (Phi) is 43.4. The predicted molar refractivity (Wildman–Crippen MR) is 270 cm³/mol. The van der Waals surface area contributed by atoms with Crippen LogP contribution in [0.15, 0.2) is 85.1 Å². The maximum Gasteiger partial charge on any atom is 0.472 e. The average molecular weight is 917 g/mol. The van der Waals surface area contributed by atoms with Gasteiger partial charge >= 0.3 is 19.8 Å². The van der Waals surface area contributed by atoms with Crippen LogP contribution in [0, 0.1) is 0 Å². The van der Waals surface area contributed by atoms with Crippen LogP contribution in [0.3, 0.4) is 0 Å². The Morgan fingerprint density at radius 2 is 0.922 bits per heavy atom.